The molecule has 1 N–H and O–H groups in total. The largest absolute Gasteiger partial charge is 0.344 e. The summed E-state index contributed by atoms with van der Waals surface area (Å²) >= 11 is 2.79. The van der Waals surface area contributed by atoms with E-state index in [1.807, 2.05) is 11.4 Å². The molecule has 164 valence electrons. The lowest BCUT2D eigenvalue weighted by Gasteiger charge is -2.27. The van der Waals surface area contributed by atoms with Crippen LogP contribution < -0.4 is 5.32 Å². The molecule has 1 fully saturated rings. The third-order valence-electron chi connectivity index (χ3n) is 6.16. The van der Waals surface area contributed by atoms with Crippen molar-refractivity contribution in [2.75, 3.05) is 6.54 Å². The van der Waals surface area contributed by atoms with Crippen molar-refractivity contribution in [1.82, 2.24) is 33.7 Å². The number of thiazole rings is 1. The molecule has 1 amide bonds. The molecule has 0 unspecified atom stereocenters. The number of fused-ring (bicyclic) bond motifs is 2. The fourth-order valence-electron chi connectivity index (χ4n) is 4.32. The Balaban J connectivity index is 1.23. The van der Waals surface area contributed by atoms with Crippen LogP contribution in [-0.4, -0.2) is 40.9 Å². The first-order valence-corrected chi connectivity index (χ1v) is 12.5. The van der Waals surface area contributed by atoms with Gasteiger partial charge in [-0.05, 0) is 36.5 Å². The zero-order valence-electron chi connectivity index (χ0n) is 17.5. The predicted molar refractivity (Wildman–Crippen MR) is 123 cm³/mol. The van der Waals surface area contributed by atoms with Gasteiger partial charge in [0.05, 0.1) is 18.3 Å². The summed E-state index contributed by atoms with van der Waals surface area (Å²) in [7, 11) is 0. The summed E-state index contributed by atoms with van der Waals surface area (Å²) in [5.41, 5.74) is 5.98. The van der Waals surface area contributed by atoms with Gasteiger partial charge < -0.3 is 5.32 Å². The molecule has 4 aromatic rings. The number of nitrogens with zero attached hydrogens (tertiary/aromatic N) is 6. The topological polar surface area (TPSA) is 88.8 Å². The van der Waals surface area contributed by atoms with Gasteiger partial charge in [0.1, 0.15) is 16.0 Å². The Labute approximate surface area is 193 Å². The van der Waals surface area contributed by atoms with Crippen LogP contribution in [-0.2, 0) is 32.6 Å². The minimum Gasteiger partial charge on any atom is -0.344 e. The van der Waals surface area contributed by atoms with Gasteiger partial charge >= 0.3 is 0 Å². The van der Waals surface area contributed by atoms with Gasteiger partial charge in [-0.1, -0.05) is 6.07 Å². The number of hydrogen-bond acceptors (Lipinski definition) is 8. The molecular weight excluding hydrogens is 442 g/mol. The Morgan fingerprint density at radius 3 is 2.97 bits per heavy atom. The normalized spacial score (nSPS) is 16.4. The van der Waals surface area contributed by atoms with E-state index < -0.39 is 0 Å². The van der Waals surface area contributed by atoms with Crippen molar-refractivity contribution in [3.63, 3.8) is 0 Å². The molecule has 3 aromatic heterocycles. The van der Waals surface area contributed by atoms with Gasteiger partial charge in [-0.2, -0.15) is 13.8 Å². The van der Waals surface area contributed by atoms with Crippen LogP contribution in [0.3, 0.4) is 0 Å². The number of aromatic nitrogens is 5. The molecule has 0 saturated heterocycles. The summed E-state index contributed by atoms with van der Waals surface area (Å²) in [6.07, 6.45) is 5.20. The molecule has 8 nitrogen and oxygen atoms in total. The molecule has 10 heteroatoms. The molecular formula is C22H23N7OS2. The van der Waals surface area contributed by atoms with E-state index in [-0.39, 0.29) is 5.91 Å². The molecule has 0 spiro atoms. The van der Waals surface area contributed by atoms with E-state index in [1.54, 1.807) is 17.5 Å². The first-order valence-electron chi connectivity index (χ1n) is 10.9. The minimum absolute atomic E-state index is 0.109. The van der Waals surface area contributed by atoms with Crippen LogP contribution in [0, 0.1) is 5.92 Å². The van der Waals surface area contributed by atoms with Gasteiger partial charge in [0.15, 0.2) is 5.69 Å². The second-order valence-electron chi connectivity index (χ2n) is 8.56. The smallest absolute Gasteiger partial charge is 0.272 e. The number of nitrogens with one attached hydrogen (secondary N) is 1. The Morgan fingerprint density at radius 2 is 2.12 bits per heavy atom. The van der Waals surface area contributed by atoms with Crippen LogP contribution >= 0.6 is 23.1 Å². The SMILES string of the molecule is O=C(NCc1nccs1)c1nn(CC2CC2)c2c1CN(Cc1ccc3nsnc3c1)CC2. The molecule has 1 saturated carbocycles. The average molecular weight is 466 g/mol. The van der Waals surface area contributed by atoms with E-state index >= 15 is 0 Å². The van der Waals surface area contributed by atoms with Crippen LogP contribution in [0.1, 0.15) is 45.2 Å². The van der Waals surface area contributed by atoms with Gasteiger partial charge in [0, 0.05) is 55.4 Å². The molecule has 0 atom stereocenters. The number of hydrogen-bond donors (Lipinski definition) is 1. The highest BCUT2D eigenvalue weighted by molar-refractivity contribution is 7.09. The van der Waals surface area contributed by atoms with Crippen LogP contribution in [0.15, 0.2) is 29.8 Å². The quantitative estimate of drug-likeness (QED) is 0.451. The number of carbonyl (C=O) groups is 1. The molecule has 2 aliphatic rings. The van der Waals surface area contributed by atoms with E-state index in [4.69, 9.17) is 5.10 Å². The lowest BCUT2D eigenvalue weighted by atomic mass is 10.0. The fraction of sp³-hybridized carbons (Fsp3) is 0.409. The second kappa shape index (κ2) is 8.34. The van der Waals surface area contributed by atoms with Crippen molar-refractivity contribution in [2.45, 2.75) is 45.4 Å². The Bertz CT molecular complexity index is 1260. The zero-order chi connectivity index (χ0) is 21.5. The maximum atomic E-state index is 13.1. The monoisotopic (exact) mass is 465 g/mol. The number of rotatable bonds is 7. The fourth-order valence-corrected chi connectivity index (χ4v) is 5.40. The first-order chi connectivity index (χ1) is 15.7. The number of amides is 1. The second-order valence-corrected chi connectivity index (χ2v) is 10.1. The van der Waals surface area contributed by atoms with Crippen LogP contribution in [0.4, 0.5) is 0 Å². The van der Waals surface area contributed by atoms with Crippen molar-refractivity contribution >= 4 is 40.0 Å². The minimum atomic E-state index is -0.109. The Hall–Kier alpha value is -2.69. The molecule has 1 aliphatic carbocycles. The van der Waals surface area contributed by atoms with Gasteiger partial charge in [0.25, 0.3) is 5.91 Å². The van der Waals surface area contributed by atoms with Crippen LogP contribution in [0.5, 0.6) is 0 Å². The summed E-state index contributed by atoms with van der Waals surface area (Å²) in [5, 5.41) is 10.6. The number of carbonyl (C=O) groups excluding carboxylic acids is 1. The summed E-state index contributed by atoms with van der Waals surface area (Å²) in [6, 6.07) is 6.28. The van der Waals surface area contributed by atoms with Crippen molar-refractivity contribution < 1.29 is 4.79 Å². The van der Waals surface area contributed by atoms with Gasteiger partial charge in [0.2, 0.25) is 0 Å². The third kappa shape index (κ3) is 4.05. The van der Waals surface area contributed by atoms with Gasteiger partial charge in [-0.25, -0.2) is 4.98 Å². The summed E-state index contributed by atoms with van der Waals surface area (Å²) in [6.45, 7) is 3.87. The molecule has 1 aliphatic heterocycles. The highest BCUT2D eigenvalue weighted by Gasteiger charge is 2.31. The molecule has 0 bridgehead atoms. The number of benzene rings is 1. The first kappa shape index (κ1) is 20.0. The van der Waals surface area contributed by atoms with E-state index in [2.05, 4.69) is 40.8 Å². The van der Waals surface area contributed by atoms with Gasteiger partial charge in [-0.3, -0.25) is 14.4 Å². The van der Waals surface area contributed by atoms with Crippen molar-refractivity contribution in [2.24, 2.45) is 5.92 Å². The van der Waals surface area contributed by atoms with Crippen molar-refractivity contribution in [3.05, 3.63) is 57.3 Å². The van der Waals surface area contributed by atoms with E-state index in [0.717, 1.165) is 54.2 Å². The molecule has 1 aromatic carbocycles. The summed E-state index contributed by atoms with van der Waals surface area (Å²) < 4.78 is 10.8. The lowest BCUT2D eigenvalue weighted by molar-refractivity contribution is 0.0942. The Kier molecular flexibility index (Phi) is 5.20. The maximum absolute atomic E-state index is 13.1. The van der Waals surface area contributed by atoms with Crippen LogP contribution in [0.2, 0.25) is 0 Å². The highest BCUT2D eigenvalue weighted by Crippen LogP contribution is 2.33. The average Bonchev–Trinajstić information content (AvgIpc) is 3.19. The van der Waals surface area contributed by atoms with Crippen molar-refractivity contribution in [1.29, 1.82) is 0 Å². The highest BCUT2D eigenvalue weighted by atomic mass is 32.1. The van der Waals surface area contributed by atoms with Crippen molar-refractivity contribution in [3.8, 4) is 0 Å². The van der Waals surface area contributed by atoms with E-state index in [1.165, 1.54) is 35.8 Å². The molecule has 32 heavy (non-hydrogen) atoms. The molecule has 6 rings (SSSR count). The van der Waals surface area contributed by atoms with E-state index in [9.17, 15) is 4.79 Å². The standard InChI is InChI=1S/C22H23N7OS2/c30-22(24-10-20-23-6-8-31-20)21-16-13-28(7-5-19(16)29(25-21)12-14-1-2-14)11-15-3-4-17-18(9-15)27-32-26-17/h3-4,6,8-9,14H,1-2,5,7,10-13H2,(H,24,30). The molecule has 0 radical (unpaired) electrons. The zero-order valence-corrected chi connectivity index (χ0v) is 19.2. The predicted octanol–water partition coefficient (Wildman–Crippen LogP) is 3.24. The third-order valence-corrected chi connectivity index (χ3v) is 7.50. The summed E-state index contributed by atoms with van der Waals surface area (Å²) in [4.78, 5) is 19.7. The van der Waals surface area contributed by atoms with E-state index in [0.29, 0.717) is 18.2 Å². The Morgan fingerprint density at radius 1 is 1.22 bits per heavy atom. The lowest BCUT2D eigenvalue weighted by Crippen LogP contribution is -2.32. The summed E-state index contributed by atoms with van der Waals surface area (Å²) in [5.74, 6) is 0.601. The van der Waals surface area contributed by atoms with Gasteiger partial charge in [-0.15, -0.1) is 11.3 Å². The van der Waals surface area contributed by atoms with Crippen LogP contribution in [0.25, 0.3) is 11.0 Å². The molecule has 4 heterocycles. The maximum Gasteiger partial charge on any atom is 0.272 e.